The van der Waals surface area contributed by atoms with Crippen LogP contribution in [0.5, 0.6) is 23.0 Å². The Balaban J connectivity index is 1.99. The number of carboxylic acids is 1. The molecule has 2 rings (SSSR count). The molecule has 0 aliphatic carbocycles. The highest BCUT2D eigenvalue weighted by molar-refractivity contribution is 5.91. The van der Waals surface area contributed by atoms with Gasteiger partial charge in [0.1, 0.15) is 5.75 Å². The summed E-state index contributed by atoms with van der Waals surface area (Å²) >= 11 is 0. The molecule has 0 aliphatic rings. The number of rotatable bonds is 10. The van der Waals surface area contributed by atoms with Crippen molar-refractivity contribution in [2.75, 3.05) is 33.3 Å². The first-order chi connectivity index (χ1) is 13.5. The van der Waals surface area contributed by atoms with Gasteiger partial charge in [-0.15, -0.1) is 0 Å². The van der Waals surface area contributed by atoms with Gasteiger partial charge in [-0.05, 0) is 36.2 Å². The van der Waals surface area contributed by atoms with Crippen LogP contribution in [0.3, 0.4) is 0 Å². The molecule has 2 aromatic rings. The van der Waals surface area contributed by atoms with Crippen molar-refractivity contribution in [3.8, 4) is 23.0 Å². The van der Waals surface area contributed by atoms with Crippen LogP contribution in [0.25, 0.3) is 0 Å². The molecule has 1 amide bonds. The summed E-state index contributed by atoms with van der Waals surface area (Å²) < 4.78 is 21.0. The standard InChI is InChI=1S/C20H23NO7/c1-25-16-9-13(10-17(26-2)20(16)27-3)7-8-18(22)21-14-5-4-6-15(11-14)28-12-19(23)24/h4-6,9-11H,7-8,12H2,1-3H3,(H,21,22)(H,23,24). The van der Waals surface area contributed by atoms with Gasteiger partial charge < -0.3 is 29.4 Å². The Labute approximate surface area is 163 Å². The maximum Gasteiger partial charge on any atom is 0.341 e. The molecule has 0 aromatic heterocycles. The molecule has 2 N–H and O–H groups in total. The predicted molar refractivity (Wildman–Crippen MR) is 103 cm³/mol. The number of amides is 1. The predicted octanol–water partition coefficient (Wildman–Crippen LogP) is 2.75. The van der Waals surface area contributed by atoms with E-state index < -0.39 is 12.6 Å². The average Bonchev–Trinajstić information content (AvgIpc) is 2.70. The Kier molecular flexibility index (Phi) is 7.50. The van der Waals surface area contributed by atoms with E-state index >= 15 is 0 Å². The summed E-state index contributed by atoms with van der Waals surface area (Å²) in [6.45, 7) is -0.446. The number of carboxylic acid groups (broad SMARTS) is 1. The highest BCUT2D eigenvalue weighted by Crippen LogP contribution is 2.38. The summed E-state index contributed by atoms with van der Waals surface area (Å²) in [6.07, 6.45) is 0.705. The van der Waals surface area contributed by atoms with Crippen molar-refractivity contribution >= 4 is 17.6 Å². The zero-order valence-corrected chi connectivity index (χ0v) is 16.0. The number of nitrogens with one attached hydrogen (secondary N) is 1. The Morgan fingerprint density at radius 1 is 1.00 bits per heavy atom. The van der Waals surface area contributed by atoms with Gasteiger partial charge in [-0.25, -0.2) is 4.79 Å². The van der Waals surface area contributed by atoms with Gasteiger partial charge >= 0.3 is 5.97 Å². The number of ether oxygens (including phenoxy) is 4. The highest BCUT2D eigenvalue weighted by atomic mass is 16.5. The van der Waals surface area contributed by atoms with Crippen LogP contribution < -0.4 is 24.3 Å². The second-order valence-corrected chi connectivity index (χ2v) is 5.79. The number of aryl methyl sites for hydroxylation is 1. The number of anilines is 1. The fraction of sp³-hybridized carbons (Fsp3) is 0.300. The third-order valence-corrected chi connectivity index (χ3v) is 3.85. The Hall–Kier alpha value is -3.42. The zero-order valence-electron chi connectivity index (χ0n) is 16.0. The molecule has 0 bridgehead atoms. The molecule has 0 fully saturated rings. The lowest BCUT2D eigenvalue weighted by molar-refractivity contribution is -0.139. The van der Waals surface area contributed by atoms with E-state index in [1.165, 1.54) is 21.3 Å². The number of carbonyl (C=O) groups excluding carboxylic acids is 1. The minimum Gasteiger partial charge on any atom is -0.493 e. The van der Waals surface area contributed by atoms with Gasteiger partial charge in [0.15, 0.2) is 18.1 Å². The number of benzene rings is 2. The number of hydrogen-bond donors (Lipinski definition) is 2. The molecule has 150 valence electrons. The lowest BCUT2D eigenvalue weighted by Crippen LogP contribution is -2.13. The van der Waals surface area contributed by atoms with E-state index in [0.29, 0.717) is 35.1 Å². The molecular formula is C20H23NO7. The fourth-order valence-corrected chi connectivity index (χ4v) is 2.57. The van der Waals surface area contributed by atoms with E-state index in [1.54, 1.807) is 36.4 Å². The van der Waals surface area contributed by atoms with Gasteiger partial charge in [-0.2, -0.15) is 0 Å². The number of aliphatic carboxylic acids is 1. The van der Waals surface area contributed by atoms with E-state index in [9.17, 15) is 9.59 Å². The van der Waals surface area contributed by atoms with Crippen LogP contribution >= 0.6 is 0 Å². The van der Waals surface area contributed by atoms with Crippen molar-refractivity contribution in [2.45, 2.75) is 12.8 Å². The summed E-state index contributed by atoms with van der Waals surface area (Å²) in [5, 5.41) is 11.4. The van der Waals surface area contributed by atoms with Crippen molar-refractivity contribution in [1.29, 1.82) is 0 Å². The molecule has 0 radical (unpaired) electrons. The van der Waals surface area contributed by atoms with Crippen molar-refractivity contribution in [1.82, 2.24) is 0 Å². The van der Waals surface area contributed by atoms with Crippen LogP contribution in [-0.2, 0) is 16.0 Å². The molecule has 2 aromatic carbocycles. The molecule has 8 heteroatoms. The molecule has 0 aliphatic heterocycles. The van der Waals surface area contributed by atoms with Crippen molar-refractivity contribution in [3.05, 3.63) is 42.0 Å². The van der Waals surface area contributed by atoms with Gasteiger partial charge in [-0.1, -0.05) is 6.07 Å². The monoisotopic (exact) mass is 389 g/mol. The van der Waals surface area contributed by atoms with Crippen molar-refractivity contribution < 1.29 is 33.6 Å². The molecule has 0 unspecified atom stereocenters. The second kappa shape index (κ2) is 10.1. The maximum absolute atomic E-state index is 12.3. The quantitative estimate of drug-likeness (QED) is 0.644. The van der Waals surface area contributed by atoms with E-state index in [-0.39, 0.29) is 12.3 Å². The SMILES string of the molecule is COc1cc(CCC(=O)Nc2cccc(OCC(=O)O)c2)cc(OC)c1OC. The Bertz CT molecular complexity index is 810. The molecule has 0 saturated heterocycles. The van der Waals surface area contributed by atoms with Crippen molar-refractivity contribution in [3.63, 3.8) is 0 Å². The normalized spacial score (nSPS) is 10.1. The van der Waals surface area contributed by atoms with Gasteiger partial charge in [0.05, 0.1) is 21.3 Å². The largest absolute Gasteiger partial charge is 0.493 e. The molecule has 8 nitrogen and oxygen atoms in total. The van der Waals surface area contributed by atoms with Gasteiger partial charge in [0, 0.05) is 18.2 Å². The minimum absolute atomic E-state index is 0.191. The van der Waals surface area contributed by atoms with Gasteiger partial charge in [0.2, 0.25) is 11.7 Å². The molecule has 0 atom stereocenters. The number of carbonyl (C=O) groups is 2. The maximum atomic E-state index is 12.3. The van der Waals surface area contributed by atoms with Gasteiger partial charge in [-0.3, -0.25) is 4.79 Å². The Morgan fingerprint density at radius 3 is 2.25 bits per heavy atom. The van der Waals surface area contributed by atoms with E-state index in [4.69, 9.17) is 24.1 Å². The van der Waals surface area contributed by atoms with E-state index in [0.717, 1.165) is 5.56 Å². The number of hydrogen-bond acceptors (Lipinski definition) is 6. The summed E-state index contributed by atoms with van der Waals surface area (Å²) in [4.78, 5) is 22.8. The van der Waals surface area contributed by atoms with E-state index in [1.807, 2.05) is 0 Å². The molecular weight excluding hydrogens is 366 g/mol. The lowest BCUT2D eigenvalue weighted by atomic mass is 10.1. The third kappa shape index (κ3) is 5.80. The topological polar surface area (TPSA) is 103 Å². The zero-order chi connectivity index (χ0) is 20.5. The third-order valence-electron chi connectivity index (χ3n) is 3.85. The van der Waals surface area contributed by atoms with Crippen LogP contribution in [0.1, 0.15) is 12.0 Å². The van der Waals surface area contributed by atoms with Crippen LogP contribution in [0.4, 0.5) is 5.69 Å². The average molecular weight is 389 g/mol. The minimum atomic E-state index is -1.07. The summed E-state index contributed by atoms with van der Waals surface area (Å²) in [5.41, 5.74) is 1.39. The van der Waals surface area contributed by atoms with E-state index in [2.05, 4.69) is 5.32 Å². The number of methoxy groups -OCH3 is 3. The summed E-state index contributed by atoms with van der Waals surface area (Å²) in [7, 11) is 4.60. The van der Waals surface area contributed by atoms with Crippen LogP contribution in [0.2, 0.25) is 0 Å². The molecule has 0 heterocycles. The molecule has 28 heavy (non-hydrogen) atoms. The van der Waals surface area contributed by atoms with Gasteiger partial charge in [0.25, 0.3) is 0 Å². The summed E-state index contributed by atoms with van der Waals surface area (Å²) in [5.74, 6) is 0.659. The fourth-order valence-electron chi connectivity index (χ4n) is 2.57. The highest BCUT2D eigenvalue weighted by Gasteiger charge is 2.14. The van der Waals surface area contributed by atoms with Crippen LogP contribution in [0.15, 0.2) is 36.4 Å². The first kappa shape index (κ1) is 20.9. The van der Waals surface area contributed by atoms with Crippen LogP contribution in [-0.4, -0.2) is 44.9 Å². The second-order valence-electron chi connectivity index (χ2n) is 5.79. The smallest absolute Gasteiger partial charge is 0.341 e. The van der Waals surface area contributed by atoms with Crippen LogP contribution in [0, 0.1) is 0 Å². The molecule has 0 saturated carbocycles. The molecule has 0 spiro atoms. The lowest BCUT2D eigenvalue weighted by Gasteiger charge is -2.14. The van der Waals surface area contributed by atoms with Crippen molar-refractivity contribution in [2.24, 2.45) is 0 Å². The Morgan fingerprint density at radius 2 is 1.68 bits per heavy atom. The first-order valence-corrected chi connectivity index (χ1v) is 8.50. The summed E-state index contributed by atoms with van der Waals surface area (Å²) in [6, 6.07) is 10.2. The first-order valence-electron chi connectivity index (χ1n) is 8.50.